The summed E-state index contributed by atoms with van der Waals surface area (Å²) in [6.45, 7) is 0. The van der Waals surface area contributed by atoms with Crippen LogP contribution in [0.3, 0.4) is 0 Å². The van der Waals surface area contributed by atoms with Crippen LogP contribution in [-0.4, -0.2) is 45.3 Å². The van der Waals surface area contributed by atoms with Gasteiger partial charge in [0, 0.05) is 29.8 Å². The minimum atomic E-state index is -5.17. The monoisotopic (exact) mass is 668 g/mol. The van der Waals surface area contributed by atoms with Gasteiger partial charge in [-0.3, -0.25) is 9.11 Å². The Balaban J connectivity index is 1.98. The third kappa shape index (κ3) is 6.57. The van der Waals surface area contributed by atoms with E-state index in [1.54, 1.807) is 0 Å². The molecule has 8 N–H and O–H groups in total. The molecule has 0 saturated heterocycles. The first-order valence-corrected chi connectivity index (χ1v) is 15.5. The van der Waals surface area contributed by atoms with Crippen LogP contribution in [0.2, 0.25) is 0 Å². The Morgan fingerprint density at radius 3 is 1.86 bits per heavy atom. The number of nitrogens with zero attached hydrogens (tertiary/aromatic N) is 5. The van der Waals surface area contributed by atoms with Gasteiger partial charge in [0.05, 0.1) is 15.2 Å². The molecule has 0 unspecified atom stereocenters. The number of nitrogen functional groups attached to an aromatic ring is 1. The Bertz CT molecular complexity index is 2070. The van der Waals surface area contributed by atoms with Crippen LogP contribution >= 0.6 is 24.1 Å². The van der Waals surface area contributed by atoms with E-state index in [2.05, 4.69) is 25.6 Å². The Morgan fingerprint density at radius 1 is 0.674 bits per heavy atom. The summed E-state index contributed by atoms with van der Waals surface area (Å²) >= 11 is 0.385. The van der Waals surface area contributed by atoms with Crippen LogP contribution in [0, 0.1) is 4.91 Å². The lowest BCUT2D eigenvalue weighted by atomic mass is 10.1. The number of aromatic hydroxyl groups is 2. The number of rotatable bonds is 9. The van der Waals surface area contributed by atoms with E-state index < -0.39 is 69.7 Å². The van der Waals surface area contributed by atoms with Crippen molar-refractivity contribution in [1.29, 1.82) is 0 Å². The molecular weight excluding hydrogens is 653 g/mol. The van der Waals surface area contributed by atoms with Crippen LogP contribution in [-0.2, 0) is 20.2 Å². The molecule has 0 atom stereocenters. The van der Waals surface area contributed by atoms with Crippen molar-refractivity contribution in [2.24, 2.45) is 25.6 Å². The summed E-state index contributed by atoms with van der Waals surface area (Å²) in [6, 6.07) is 8.64. The van der Waals surface area contributed by atoms with Crippen molar-refractivity contribution in [2.45, 2.75) is 19.6 Å². The fourth-order valence-electron chi connectivity index (χ4n) is 3.66. The second-order valence-corrected chi connectivity index (χ2v) is 12.3. The van der Waals surface area contributed by atoms with Crippen LogP contribution in [0.25, 0.3) is 10.8 Å². The number of azo groups is 2. The van der Waals surface area contributed by atoms with Crippen molar-refractivity contribution < 1.29 is 45.3 Å². The van der Waals surface area contributed by atoms with Crippen LogP contribution in [0.4, 0.5) is 34.1 Å². The normalized spacial score (nSPS) is 12.5. The number of hydrogen-bond acceptors (Lipinski definition) is 17. The van der Waals surface area contributed by atoms with E-state index in [0.29, 0.717) is 23.8 Å². The first-order valence-electron chi connectivity index (χ1n) is 11.0. The van der Waals surface area contributed by atoms with E-state index in [1.165, 1.54) is 18.2 Å². The van der Waals surface area contributed by atoms with Crippen molar-refractivity contribution in [3.8, 4) is 11.5 Å². The summed E-state index contributed by atoms with van der Waals surface area (Å²) < 4.78 is 86.6. The maximum atomic E-state index is 12.2. The summed E-state index contributed by atoms with van der Waals surface area (Å²) in [7, 11) is -10.2. The van der Waals surface area contributed by atoms with E-state index in [-0.39, 0.29) is 32.9 Å². The predicted octanol–water partition coefficient (Wildman–Crippen LogP) is 6.69. The molecule has 224 valence electrons. The van der Waals surface area contributed by atoms with Gasteiger partial charge in [-0.25, -0.2) is 0 Å². The van der Waals surface area contributed by atoms with E-state index in [1.807, 2.05) is 0 Å². The molecular formula is C22H16N6O11S4. The zero-order valence-electron chi connectivity index (χ0n) is 20.8. The molecule has 0 saturated carbocycles. The fraction of sp³-hybridized carbons (Fsp3) is 0. The minimum Gasteiger partial charge on any atom is -0.505 e. The maximum Gasteiger partial charge on any atom is 0.296 e. The third-order valence-corrected chi connectivity index (χ3v) is 8.33. The highest BCUT2D eigenvalue weighted by Gasteiger charge is 2.26. The third-order valence-electron chi connectivity index (χ3n) is 5.55. The molecule has 0 fully saturated rings. The quantitative estimate of drug-likeness (QED) is 0.0321. The predicted molar refractivity (Wildman–Crippen MR) is 155 cm³/mol. The molecule has 0 aliphatic heterocycles. The Labute approximate surface area is 249 Å². The average molecular weight is 669 g/mol. The number of phenolic OH excluding ortho intramolecular Hbond substituents is 2. The summed E-state index contributed by atoms with van der Waals surface area (Å²) in [6.07, 6.45) is 0. The molecule has 4 aromatic carbocycles. The second-order valence-electron chi connectivity index (χ2n) is 8.25. The Hall–Kier alpha value is -4.22. The molecule has 0 aliphatic carbocycles. The van der Waals surface area contributed by atoms with Crippen molar-refractivity contribution in [3.05, 3.63) is 53.4 Å². The maximum absolute atomic E-state index is 12.2. The van der Waals surface area contributed by atoms with Gasteiger partial charge < -0.3 is 25.1 Å². The number of benzene rings is 4. The number of nitrogens with two attached hydrogens (primary N) is 1. The molecule has 0 amide bonds. The minimum absolute atomic E-state index is 0.0754. The van der Waals surface area contributed by atoms with Crippen molar-refractivity contribution in [1.82, 2.24) is 0 Å². The molecule has 4 aromatic rings. The first kappa shape index (κ1) is 31.7. The molecule has 0 spiro atoms. The molecule has 0 heterocycles. The second kappa shape index (κ2) is 12.2. The van der Waals surface area contributed by atoms with Gasteiger partial charge >= 0.3 is 0 Å². The van der Waals surface area contributed by atoms with Gasteiger partial charge in [0.25, 0.3) is 20.2 Å². The number of anilines is 1. The van der Waals surface area contributed by atoms with Gasteiger partial charge in [-0.1, -0.05) is 0 Å². The van der Waals surface area contributed by atoms with Gasteiger partial charge in [0.15, 0.2) is 11.5 Å². The molecule has 0 bridgehead atoms. The molecule has 0 aliphatic rings. The molecule has 21 heteroatoms. The first-order chi connectivity index (χ1) is 20.2. The molecule has 17 nitrogen and oxygen atoms in total. The number of nitroso groups, excluding NO2 is 1. The largest absolute Gasteiger partial charge is 0.505 e. The lowest BCUT2D eigenvalue weighted by Crippen LogP contribution is -2.00. The Morgan fingerprint density at radius 2 is 1.26 bits per heavy atom. The fourth-order valence-corrected chi connectivity index (χ4v) is 5.76. The summed E-state index contributed by atoms with van der Waals surface area (Å²) in [5, 5.41) is 38.8. The Kier molecular flexibility index (Phi) is 8.98. The lowest BCUT2D eigenvalue weighted by Gasteiger charge is -2.13. The SMILES string of the molecule is Nc1ccc(N=Nc2c(SO)cc3cc(S(=O)(=O)O)c(N=Nc4ccc(N=O)cc4S(=O)(=O)O)c(O)c3c2O)c(SO)c1. The standard InChI is InChI=1S/C22H16N6O11S4/c23-10-1-3-12(14(7-10)40-32)24-26-19-15(41-33)5-9-6-17(43(37,38)39)20(22(30)18(9)21(19)29)27-25-13-4-2-11(28-31)8-16(13)42(34,35)36/h1-8,29-30,32-33H,23H2,(H,34,35,36)(H,37,38,39). The van der Waals surface area contributed by atoms with E-state index in [0.717, 1.165) is 24.3 Å². The summed E-state index contributed by atoms with van der Waals surface area (Å²) in [4.78, 5) is 8.81. The smallest absolute Gasteiger partial charge is 0.296 e. The van der Waals surface area contributed by atoms with Gasteiger partial charge in [0.1, 0.15) is 38.2 Å². The highest BCUT2D eigenvalue weighted by atomic mass is 32.2. The van der Waals surface area contributed by atoms with Crippen LogP contribution < -0.4 is 5.73 Å². The van der Waals surface area contributed by atoms with Crippen LogP contribution in [0.5, 0.6) is 11.5 Å². The van der Waals surface area contributed by atoms with Gasteiger partial charge in [0.2, 0.25) is 0 Å². The van der Waals surface area contributed by atoms with E-state index in [4.69, 9.17) is 5.73 Å². The van der Waals surface area contributed by atoms with Gasteiger partial charge in [-0.15, -0.1) is 25.4 Å². The summed E-state index contributed by atoms with van der Waals surface area (Å²) in [5.74, 6) is -1.93. The van der Waals surface area contributed by atoms with Crippen molar-refractivity contribution >= 4 is 89.2 Å². The zero-order valence-corrected chi connectivity index (χ0v) is 24.1. The van der Waals surface area contributed by atoms with Crippen molar-refractivity contribution in [2.75, 3.05) is 5.73 Å². The van der Waals surface area contributed by atoms with Crippen LogP contribution in [0.15, 0.2) is 93.7 Å². The van der Waals surface area contributed by atoms with E-state index >= 15 is 0 Å². The number of fused-ring (bicyclic) bond motifs is 1. The highest BCUT2D eigenvalue weighted by molar-refractivity contribution is 7.94. The van der Waals surface area contributed by atoms with Gasteiger partial charge in [-0.05, 0) is 59.1 Å². The number of phenols is 2. The molecule has 0 radical (unpaired) electrons. The zero-order chi connectivity index (χ0) is 31.7. The molecule has 4 rings (SSSR count). The number of hydrogen-bond donors (Lipinski definition) is 7. The van der Waals surface area contributed by atoms with Crippen LogP contribution in [0.1, 0.15) is 0 Å². The topological polar surface area (TPSA) is 295 Å². The van der Waals surface area contributed by atoms with Gasteiger partial charge in [-0.2, -0.15) is 16.8 Å². The lowest BCUT2D eigenvalue weighted by molar-refractivity contribution is 0.460. The molecule has 0 aromatic heterocycles. The average Bonchev–Trinajstić information content (AvgIpc) is 2.95. The van der Waals surface area contributed by atoms with E-state index in [9.17, 15) is 50.2 Å². The summed E-state index contributed by atoms with van der Waals surface area (Å²) in [5.41, 5.74) is 3.65. The highest BCUT2D eigenvalue weighted by Crippen LogP contribution is 2.51. The van der Waals surface area contributed by atoms with Crippen molar-refractivity contribution in [3.63, 3.8) is 0 Å². The molecule has 43 heavy (non-hydrogen) atoms.